The number of hydrogen-bond donors (Lipinski definition) is 1. The van der Waals surface area contributed by atoms with Crippen molar-refractivity contribution >= 4 is 34.3 Å². The van der Waals surface area contributed by atoms with E-state index in [0.717, 1.165) is 16.4 Å². The summed E-state index contributed by atoms with van der Waals surface area (Å²) in [4.78, 5) is 15.5. The second-order valence-electron chi connectivity index (χ2n) is 5.48. The summed E-state index contributed by atoms with van der Waals surface area (Å²) in [6.45, 7) is 0. The van der Waals surface area contributed by atoms with Gasteiger partial charge in [-0.1, -0.05) is 23.4 Å². The fraction of sp³-hybridized carbons (Fsp3) is 0.118. The third kappa shape index (κ3) is 3.08. The van der Waals surface area contributed by atoms with E-state index >= 15 is 0 Å². The summed E-state index contributed by atoms with van der Waals surface area (Å²) in [7, 11) is 1.88. The first kappa shape index (κ1) is 16.0. The number of nitrogens with zero attached hydrogens (tertiary/aromatic N) is 3. The Morgan fingerprint density at radius 1 is 1.28 bits per heavy atom. The quantitative estimate of drug-likeness (QED) is 0.550. The normalized spacial score (nSPS) is 11.3. The van der Waals surface area contributed by atoms with Crippen LogP contribution in [0, 0.1) is 0 Å². The first-order valence-electron chi connectivity index (χ1n) is 7.49. The highest BCUT2D eigenvalue weighted by Crippen LogP contribution is 2.25. The molecule has 0 saturated heterocycles. The van der Waals surface area contributed by atoms with Crippen LogP contribution < -0.4 is 5.43 Å². The molecule has 0 bridgehead atoms. The Hall–Kier alpha value is -2.51. The van der Waals surface area contributed by atoms with Gasteiger partial charge in [0.25, 0.3) is 0 Å². The molecule has 0 aliphatic heterocycles. The van der Waals surface area contributed by atoms with Crippen molar-refractivity contribution in [3.63, 3.8) is 0 Å². The Morgan fingerprint density at radius 3 is 2.96 bits per heavy atom. The highest BCUT2D eigenvalue weighted by Gasteiger charge is 2.13. The predicted octanol–water partition coefficient (Wildman–Crippen LogP) is 3.86. The molecule has 25 heavy (non-hydrogen) atoms. The smallest absolute Gasteiger partial charge is 0.200 e. The fourth-order valence-corrected chi connectivity index (χ4v) is 3.55. The van der Waals surface area contributed by atoms with Crippen molar-refractivity contribution < 1.29 is 4.42 Å². The second kappa shape index (κ2) is 6.42. The van der Waals surface area contributed by atoms with Crippen molar-refractivity contribution in [2.24, 2.45) is 7.05 Å². The van der Waals surface area contributed by atoms with E-state index in [4.69, 9.17) is 16.0 Å². The molecule has 0 spiro atoms. The van der Waals surface area contributed by atoms with E-state index in [9.17, 15) is 4.79 Å². The summed E-state index contributed by atoms with van der Waals surface area (Å²) in [5.74, 6) is 1.89. The number of halogens is 1. The van der Waals surface area contributed by atoms with E-state index in [1.54, 1.807) is 24.5 Å². The Balaban J connectivity index is 1.59. The Morgan fingerprint density at radius 2 is 2.16 bits per heavy atom. The van der Waals surface area contributed by atoms with E-state index in [-0.39, 0.29) is 5.43 Å². The van der Waals surface area contributed by atoms with Crippen molar-refractivity contribution in [1.82, 2.24) is 19.7 Å². The number of hydrogen-bond acceptors (Lipinski definition) is 5. The van der Waals surface area contributed by atoms with Gasteiger partial charge in [-0.3, -0.25) is 4.79 Å². The molecule has 126 valence electrons. The topological polar surface area (TPSA) is 76.7 Å². The molecule has 0 unspecified atom stereocenters. The van der Waals surface area contributed by atoms with Gasteiger partial charge in [0.05, 0.1) is 6.26 Å². The van der Waals surface area contributed by atoms with Crippen molar-refractivity contribution in [2.45, 2.75) is 10.9 Å². The van der Waals surface area contributed by atoms with Crippen molar-refractivity contribution in [3.8, 4) is 11.6 Å². The van der Waals surface area contributed by atoms with Crippen LogP contribution in [0.1, 0.15) is 5.69 Å². The van der Waals surface area contributed by atoms with Gasteiger partial charge in [-0.15, -0.1) is 10.2 Å². The van der Waals surface area contributed by atoms with Crippen LogP contribution in [0.5, 0.6) is 0 Å². The van der Waals surface area contributed by atoms with Gasteiger partial charge in [-0.05, 0) is 30.3 Å². The SMILES string of the molecule is Cn1c(SCc2cc(=O)c3cc(Cl)ccc3[nH]2)nnc1-c1ccco1. The van der Waals surface area contributed by atoms with Crippen molar-refractivity contribution in [2.75, 3.05) is 0 Å². The molecule has 0 aliphatic carbocycles. The lowest BCUT2D eigenvalue weighted by molar-refractivity contribution is 0.572. The molecule has 4 rings (SSSR count). The number of aromatic nitrogens is 4. The molecule has 8 heteroatoms. The standard InChI is InChI=1S/C17H13ClN4O2S/c1-22-16(15-3-2-6-24-15)20-21-17(22)25-9-11-8-14(23)12-7-10(18)4-5-13(12)19-11/h2-8H,9H2,1H3,(H,19,23). The molecule has 4 aromatic rings. The van der Waals surface area contributed by atoms with Crippen LogP contribution in [0.15, 0.2) is 57.0 Å². The van der Waals surface area contributed by atoms with Crippen molar-refractivity contribution in [1.29, 1.82) is 0 Å². The highest BCUT2D eigenvalue weighted by molar-refractivity contribution is 7.98. The van der Waals surface area contributed by atoms with Gasteiger partial charge in [0.1, 0.15) is 0 Å². The largest absolute Gasteiger partial charge is 0.461 e. The average Bonchev–Trinajstić information content (AvgIpc) is 3.23. The monoisotopic (exact) mass is 372 g/mol. The molecular weight excluding hydrogens is 360 g/mol. The summed E-state index contributed by atoms with van der Waals surface area (Å²) in [6.07, 6.45) is 1.60. The summed E-state index contributed by atoms with van der Waals surface area (Å²) in [6, 6.07) is 10.5. The van der Waals surface area contributed by atoms with Gasteiger partial charge in [0.15, 0.2) is 22.2 Å². The molecule has 0 aliphatic rings. The molecule has 3 aromatic heterocycles. The molecular formula is C17H13ClN4O2S. The highest BCUT2D eigenvalue weighted by atomic mass is 35.5. The lowest BCUT2D eigenvalue weighted by atomic mass is 10.2. The number of rotatable bonds is 4. The number of pyridine rings is 1. The second-order valence-corrected chi connectivity index (χ2v) is 6.86. The van der Waals surface area contributed by atoms with E-state index in [1.165, 1.54) is 11.8 Å². The summed E-state index contributed by atoms with van der Waals surface area (Å²) >= 11 is 7.44. The molecule has 0 amide bonds. The third-order valence-corrected chi connectivity index (χ3v) is 5.09. The maximum atomic E-state index is 12.3. The zero-order valence-corrected chi connectivity index (χ0v) is 14.8. The van der Waals surface area contributed by atoms with Gasteiger partial charge in [0.2, 0.25) is 0 Å². The lowest BCUT2D eigenvalue weighted by Gasteiger charge is -2.05. The first-order chi connectivity index (χ1) is 12.1. The number of aromatic amines is 1. The maximum Gasteiger partial charge on any atom is 0.200 e. The zero-order chi connectivity index (χ0) is 17.4. The molecule has 1 N–H and O–H groups in total. The van der Waals surface area contributed by atoms with Crippen LogP contribution in [-0.2, 0) is 12.8 Å². The molecule has 6 nitrogen and oxygen atoms in total. The Kier molecular flexibility index (Phi) is 4.10. The number of nitrogens with one attached hydrogen (secondary N) is 1. The summed E-state index contributed by atoms with van der Waals surface area (Å²) in [5, 5.41) is 10.2. The minimum Gasteiger partial charge on any atom is -0.461 e. The van der Waals surface area contributed by atoms with E-state index in [2.05, 4.69) is 15.2 Å². The number of fused-ring (bicyclic) bond motifs is 1. The molecule has 3 heterocycles. The van der Waals surface area contributed by atoms with Crippen molar-refractivity contribution in [3.05, 3.63) is 63.6 Å². The number of benzene rings is 1. The minimum atomic E-state index is -0.0545. The Bertz CT molecular complexity index is 1100. The van der Waals surface area contributed by atoms with E-state index < -0.39 is 0 Å². The van der Waals surface area contributed by atoms with Crippen LogP contribution in [-0.4, -0.2) is 19.7 Å². The van der Waals surface area contributed by atoms with Gasteiger partial charge in [0, 0.05) is 40.5 Å². The molecule has 0 radical (unpaired) electrons. The third-order valence-electron chi connectivity index (χ3n) is 3.78. The van der Waals surface area contributed by atoms with Crippen LogP contribution in [0.3, 0.4) is 0 Å². The minimum absolute atomic E-state index is 0.0545. The first-order valence-corrected chi connectivity index (χ1v) is 8.86. The lowest BCUT2D eigenvalue weighted by Crippen LogP contribution is -2.04. The molecule has 1 aromatic carbocycles. The number of H-pyrrole nitrogens is 1. The van der Waals surface area contributed by atoms with Gasteiger partial charge in [-0.25, -0.2) is 0 Å². The van der Waals surface area contributed by atoms with Crippen LogP contribution in [0.25, 0.3) is 22.5 Å². The van der Waals surface area contributed by atoms with Crippen LogP contribution in [0.2, 0.25) is 5.02 Å². The van der Waals surface area contributed by atoms with Gasteiger partial charge < -0.3 is 14.0 Å². The zero-order valence-electron chi connectivity index (χ0n) is 13.2. The Labute approximate surface area is 151 Å². The average molecular weight is 373 g/mol. The summed E-state index contributed by atoms with van der Waals surface area (Å²) in [5.41, 5.74) is 1.52. The fourth-order valence-electron chi connectivity index (χ4n) is 2.56. The van der Waals surface area contributed by atoms with Gasteiger partial charge in [-0.2, -0.15) is 0 Å². The molecule has 0 fully saturated rings. The van der Waals surface area contributed by atoms with E-state index in [1.807, 2.05) is 29.8 Å². The van der Waals surface area contributed by atoms with Crippen LogP contribution in [0.4, 0.5) is 0 Å². The van der Waals surface area contributed by atoms with Crippen LogP contribution >= 0.6 is 23.4 Å². The van der Waals surface area contributed by atoms with Gasteiger partial charge >= 0.3 is 0 Å². The molecule has 0 atom stereocenters. The number of furan rings is 1. The molecule has 0 saturated carbocycles. The maximum absolute atomic E-state index is 12.3. The predicted molar refractivity (Wildman–Crippen MR) is 97.8 cm³/mol. The van der Waals surface area contributed by atoms with E-state index in [0.29, 0.717) is 27.7 Å². The summed E-state index contributed by atoms with van der Waals surface area (Å²) < 4.78 is 7.22. The number of thioether (sulfide) groups is 1.